The Morgan fingerprint density at radius 3 is 2.31 bits per heavy atom. The number of anilines is 1. The fourth-order valence-corrected chi connectivity index (χ4v) is 4.45. The molecule has 1 aliphatic rings. The van der Waals surface area contributed by atoms with Gasteiger partial charge in [0.1, 0.15) is 24.1 Å². The van der Waals surface area contributed by atoms with E-state index in [2.05, 4.69) is 28.7 Å². The molecule has 32 heavy (non-hydrogen) atoms. The van der Waals surface area contributed by atoms with E-state index in [9.17, 15) is 4.79 Å². The molecule has 1 aliphatic heterocycles. The van der Waals surface area contributed by atoms with Crippen molar-refractivity contribution in [1.29, 1.82) is 0 Å². The van der Waals surface area contributed by atoms with Crippen molar-refractivity contribution in [2.75, 3.05) is 11.4 Å². The summed E-state index contributed by atoms with van der Waals surface area (Å²) in [5.41, 5.74) is 1.26. The predicted octanol–water partition coefficient (Wildman–Crippen LogP) is 6.55. The number of nitrogens with zero attached hydrogens (tertiary/aromatic N) is 1. The van der Waals surface area contributed by atoms with E-state index >= 15 is 0 Å². The van der Waals surface area contributed by atoms with Crippen LogP contribution >= 0.6 is 22.6 Å². The molecule has 0 unspecified atom stereocenters. The maximum atomic E-state index is 13.2. The Bertz CT molecular complexity index is 1110. The van der Waals surface area contributed by atoms with Crippen molar-refractivity contribution in [3.05, 3.63) is 69.8 Å². The topological polar surface area (TPSA) is 51.3 Å². The molecule has 0 N–H and O–H groups in total. The van der Waals surface area contributed by atoms with Crippen LogP contribution in [-0.2, 0) is 16.1 Å². The zero-order valence-corrected chi connectivity index (χ0v) is 21.0. The number of carbonyl (C=O) groups is 1. The van der Waals surface area contributed by atoms with Gasteiger partial charge in [-0.2, -0.15) is 0 Å². The fourth-order valence-electron chi connectivity index (χ4n) is 3.53. The molecule has 3 aromatic rings. The number of ether oxygens (including phenoxy) is 3. The van der Waals surface area contributed by atoms with E-state index in [0.717, 1.165) is 31.3 Å². The van der Waals surface area contributed by atoms with Crippen LogP contribution in [0.3, 0.4) is 0 Å². The van der Waals surface area contributed by atoms with Gasteiger partial charge in [-0.1, -0.05) is 54.6 Å². The van der Waals surface area contributed by atoms with Crippen LogP contribution < -0.4 is 9.64 Å². The quantitative estimate of drug-likeness (QED) is 0.260. The molecule has 0 spiro atoms. The van der Waals surface area contributed by atoms with Crippen LogP contribution in [0, 0.1) is 3.57 Å². The van der Waals surface area contributed by atoms with Gasteiger partial charge in [0, 0.05) is 20.4 Å². The molecule has 1 fully saturated rings. The van der Waals surface area contributed by atoms with Gasteiger partial charge in [-0.25, -0.2) is 4.79 Å². The minimum atomic E-state index is -0.597. The Morgan fingerprint density at radius 2 is 1.69 bits per heavy atom. The largest absolute Gasteiger partial charge is 0.488 e. The fraction of sp³-hybridized carbons (Fsp3) is 0.346. The Morgan fingerprint density at radius 1 is 1.06 bits per heavy atom. The van der Waals surface area contributed by atoms with Crippen LogP contribution in [0.25, 0.3) is 10.8 Å². The van der Waals surface area contributed by atoms with Crippen molar-refractivity contribution < 1.29 is 19.0 Å². The molecule has 2 atom stereocenters. The highest BCUT2D eigenvalue weighted by Gasteiger charge is 2.39. The van der Waals surface area contributed by atoms with Gasteiger partial charge in [0.05, 0.1) is 18.3 Å². The zero-order chi connectivity index (χ0) is 22.9. The first-order valence-electron chi connectivity index (χ1n) is 10.8. The van der Waals surface area contributed by atoms with Crippen molar-refractivity contribution in [3.63, 3.8) is 0 Å². The lowest BCUT2D eigenvalue weighted by atomic mass is 10.1. The minimum Gasteiger partial charge on any atom is -0.488 e. The van der Waals surface area contributed by atoms with E-state index < -0.39 is 5.60 Å². The maximum Gasteiger partial charge on any atom is 0.414 e. The number of rotatable bonds is 6. The van der Waals surface area contributed by atoms with Gasteiger partial charge >= 0.3 is 6.09 Å². The normalized spacial score (nSPS) is 17.8. The third-order valence-corrected chi connectivity index (χ3v) is 6.40. The summed E-state index contributed by atoms with van der Waals surface area (Å²) in [7, 11) is 0. The minimum absolute atomic E-state index is 0.00141. The lowest BCUT2D eigenvalue weighted by Gasteiger charge is -2.28. The van der Waals surface area contributed by atoms with Gasteiger partial charge in [0.25, 0.3) is 0 Å². The summed E-state index contributed by atoms with van der Waals surface area (Å²) in [4.78, 5) is 14.9. The van der Waals surface area contributed by atoms with Crippen molar-refractivity contribution >= 4 is 45.1 Å². The predicted molar refractivity (Wildman–Crippen MR) is 135 cm³/mol. The number of amides is 1. The monoisotopic (exact) mass is 545 g/mol. The van der Waals surface area contributed by atoms with Crippen molar-refractivity contribution in [1.82, 2.24) is 0 Å². The molecule has 5 nitrogen and oxygen atoms in total. The highest BCUT2D eigenvalue weighted by atomic mass is 127. The third kappa shape index (κ3) is 5.35. The average Bonchev–Trinajstić information content (AvgIpc) is 3.46. The molecule has 6 heteroatoms. The maximum absolute atomic E-state index is 13.2. The molecule has 0 saturated carbocycles. The molecular formula is C26H28INO4. The second-order valence-electron chi connectivity index (χ2n) is 9.00. The first-order chi connectivity index (χ1) is 15.2. The van der Waals surface area contributed by atoms with Crippen molar-refractivity contribution in [2.24, 2.45) is 0 Å². The zero-order valence-electron chi connectivity index (χ0n) is 18.8. The Kier molecular flexibility index (Phi) is 6.62. The summed E-state index contributed by atoms with van der Waals surface area (Å²) in [5, 5.41) is 2.05. The van der Waals surface area contributed by atoms with Gasteiger partial charge in [-0.15, -0.1) is 0 Å². The molecule has 1 amide bonds. The van der Waals surface area contributed by atoms with Gasteiger partial charge in [-0.05, 0) is 55.8 Å². The molecule has 0 radical (unpaired) electrons. The summed E-state index contributed by atoms with van der Waals surface area (Å²) >= 11 is 2.31. The second kappa shape index (κ2) is 9.27. The number of carbonyl (C=O) groups excluding carboxylic acids is 1. The summed E-state index contributed by atoms with van der Waals surface area (Å²) < 4.78 is 18.6. The molecule has 1 heterocycles. The van der Waals surface area contributed by atoms with Crippen LogP contribution in [0.15, 0.2) is 60.7 Å². The second-order valence-corrected chi connectivity index (χ2v) is 10.1. The standard InChI is InChI=1S/C26H28INO4/c1-17-23(31-17)15-28(25(29)32-26(2,3)4)21-14-22(30-16-18-10-6-5-7-11-18)19-12-8-9-13-20(19)24(21)27/h5-14,17,23H,15-16H2,1-4H3/t17-,23-/m1/s1. The summed E-state index contributed by atoms with van der Waals surface area (Å²) in [6, 6.07) is 20.1. The van der Waals surface area contributed by atoms with E-state index in [-0.39, 0.29) is 18.3 Å². The summed E-state index contributed by atoms with van der Waals surface area (Å²) in [5.74, 6) is 0.734. The van der Waals surface area contributed by atoms with E-state index in [4.69, 9.17) is 14.2 Å². The molecule has 4 rings (SSSR count). The van der Waals surface area contributed by atoms with Gasteiger partial charge in [0.15, 0.2) is 0 Å². The lowest BCUT2D eigenvalue weighted by molar-refractivity contribution is 0.0577. The molecule has 1 saturated heterocycles. The average molecular weight is 545 g/mol. The van der Waals surface area contributed by atoms with Crippen LogP contribution in [0.1, 0.15) is 33.3 Å². The Hall–Kier alpha value is -2.32. The first-order valence-corrected chi connectivity index (χ1v) is 11.8. The van der Waals surface area contributed by atoms with Crippen LogP contribution in [-0.4, -0.2) is 30.4 Å². The molecule has 3 aromatic carbocycles. The highest BCUT2D eigenvalue weighted by Crippen LogP contribution is 2.39. The van der Waals surface area contributed by atoms with Gasteiger partial charge in [-0.3, -0.25) is 4.90 Å². The Balaban J connectivity index is 1.74. The molecule has 0 aromatic heterocycles. The van der Waals surface area contributed by atoms with Gasteiger partial charge < -0.3 is 14.2 Å². The number of epoxide rings is 1. The number of hydrogen-bond donors (Lipinski definition) is 0. The molecule has 0 bridgehead atoms. The van der Waals surface area contributed by atoms with Crippen molar-refractivity contribution in [2.45, 2.75) is 52.1 Å². The molecular weight excluding hydrogens is 517 g/mol. The lowest BCUT2D eigenvalue weighted by Crippen LogP contribution is -2.39. The van der Waals surface area contributed by atoms with E-state index in [1.54, 1.807) is 4.90 Å². The first kappa shape index (κ1) is 22.9. The SMILES string of the molecule is C[C@H]1O[C@@H]1CN(C(=O)OC(C)(C)C)c1cc(OCc2ccccc2)c2ccccc2c1I. The van der Waals surface area contributed by atoms with E-state index in [1.807, 2.05) is 82.3 Å². The number of halogens is 1. The van der Waals surface area contributed by atoms with E-state index in [1.165, 1.54) is 0 Å². The van der Waals surface area contributed by atoms with Crippen LogP contribution in [0.2, 0.25) is 0 Å². The summed E-state index contributed by atoms with van der Waals surface area (Å²) in [6.45, 7) is 8.51. The molecule has 168 valence electrons. The number of hydrogen-bond acceptors (Lipinski definition) is 4. The summed E-state index contributed by atoms with van der Waals surface area (Å²) in [6.07, 6.45) is -0.257. The smallest absolute Gasteiger partial charge is 0.414 e. The third-order valence-electron chi connectivity index (χ3n) is 5.26. The van der Waals surface area contributed by atoms with Gasteiger partial charge in [0.2, 0.25) is 0 Å². The van der Waals surface area contributed by atoms with Crippen LogP contribution in [0.4, 0.5) is 10.5 Å². The molecule has 0 aliphatic carbocycles. The van der Waals surface area contributed by atoms with Crippen molar-refractivity contribution in [3.8, 4) is 5.75 Å². The number of benzene rings is 3. The Labute approximate surface area is 202 Å². The van der Waals surface area contributed by atoms with Crippen LogP contribution in [0.5, 0.6) is 5.75 Å². The number of fused-ring (bicyclic) bond motifs is 1. The van der Waals surface area contributed by atoms with E-state index in [0.29, 0.717) is 13.2 Å². The highest BCUT2D eigenvalue weighted by molar-refractivity contribution is 14.1.